The van der Waals surface area contributed by atoms with Crippen molar-refractivity contribution in [2.75, 3.05) is 19.1 Å². The van der Waals surface area contributed by atoms with Crippen molar-refractivity contribution in [1.29, 1.82) is 0 Å². The van der Waals surface area contributed by atoms with Gasteiger partial charge < -0.3 is 19.6 Å². The Morgan fingerprint density at radius 1 is 1.33 bits per heavy atom. The van der Waals surface area contributed by atoms with E-state index in [9.17, 15) is 14.7 Å². The van der Waals surface area contributed by atoms with Crippen LogP contribution in [0.3, 0.4) is 0 Å². The van der Waals surface area contributed by atoms with Crippen LogP contribution in [0.25, 0.3) is 0 Å². The van der Waals surface area contributed by atoms with Crippen LogP contribution in [0.2, 0.25) is 0 Å². The molecule has 0 spiro atoms. The summed E-state index contributed by atoms with van der Waals surface area (Å²) in [5.74, 6) is 0.199. The number of hydrogen-bond donors (Lipinski definition) is 1. The van der Waals surface area contributed by atoms with Crippen molar-refractivity contribution >= 4 is 33.8 Å². The van der Waals surface area contributed by atoms with Gasteiger partial charge in [0.2, 0.25) is 0 Å². The predicted octanol–water partition coefficient (Wildman–Crippen LogP) is 2.74. The number of carbonyl (C=O) groups excluding carboxylic acids is 1. The first-order valence-electron chi connectivity index (χ1n) is 7.91. The molecular formula is C16H20BrN3O4. The van der Waals surface area contributed by atoms with Gasteiger partial charge in [0.15, 0.2) is 5.69 Å². The maximum absolute atomic E-state index is 11.8. The first-order chi connectivity index (χ1) is 11.4. The maximum Gasteiger partial charge on any atom is 0.407 e. The normalized spacial score (nSPS) is 25.5. The Balaban J connectivity index is 1.80. The second kappa shape index (κ2) is 6.58. The fourth-order valence-corrected chi connectivity index (χ4v) is 4.21. The number of carboxylic acid groups (broad SMARTS) is 1. The van der Waals surface area contributed by atoms with Gasteiger partial charge in [0, 0.05) is 25.2 Å². The zero-order chi connectivity index (χ0) is 17.4. The summed E-state index contributed by atoms with van der Waals surface area (Å²) in [6, 6.07) is 3.99. The Hall–Kier alpha value is -1.83. The molecule has 2 fully saturated rings. The van der Waals surface area contributed by atoms with Crippen LogP contribution in [-0.4, -0.2) is 59.3 Å². The first-order valence-corrected chi connectivity index (χ1v) is 8.70. The van der Waals surface area contributed by atoms with Crippen molar-refractivity contribution in [1.82, 2.24) is 9.88 Å². The second-order valence-corrected chi connectivity index (χ2v) is 7.16. The van der Waals surface area contributed by atoms with Gasteiger partial charge in [-0.25, -0.2) is 14.6 Å². The zero-order valence-corrected chi connectivity index (χ0v) is 15.2. The van der Waals surface area contributed by atoms with E-state index in [1.165, 1.54) is 7.11 Å². The van der Waals surface area contributed by atoms with Crippen LogP contribution in [0.15, 0.2) is 16.6 Å². The number of esters is 1. The maximum atomic E-state index is 11.8. The lowest BCUT2D eigenvalue weighted by atomic mass is 9.96. The molecule has 1 aromatic heterocycles. The van der Waals surface area contributed by atoms with E-state index in [4.69, 9.17) is 4.74 Å². The molecule has 1 N–H and O–H groups in total. The van der Waals surface area contributed by atoms with Gasteiger partial charge in [-0.2, -0.15) is 0 Å². The molecule has 3 heterocycles. The Labute approximate surface area is 148 Å². The minimum absolute atomic E-state index is 0.0734. The van der Waals surface area contributed by atoms with Crippen LogP contribution in [0.5, 0.6) is 0 Å². The number of pyridine rings is 1. The molecule has 1 aromatic rings. The number of carbonyl (C=O) groups is 2. The quantitative estimate of drug-likeness (QED) is 0.789. The summed E-state index contributed by atoms with van der Waals surface area (Å²) in [6.07, 6.45) is 2.58. The van der Waals surface area contributed by atoms with E-state index in [1.54, 1.807) is 11.0 Å². The number of ether oxygens (including phenoxy) is 1. The van der Waals surface area contributed by atoms with Gasteiger partial charge in [-0.05, 0) is 53.7 Å². The molecule has 8 heteroatoms. The Morgan fingerprint density at radius 2 is 1.96 bits per heavy atom. The molecule has 0 radical (unpaired) electrons. The van der Waals surface area contributed by atoms with Gasteiger partial charge >= 0.3 is 12.1 Å². The second-order valence-electron chi connectivity index (χ2n) is 6.30. The molecule has 0 aliphatic carbocycles. The summed E-state index contributed by atoms with van der Waals surface area (Å²) in [7, 11) is 3.27. The molecule has 130 valence electrons. The monoisotopic (exact) mass is 397 g/mol. The van der Waals surface area contributed by atoms with Gasteiger partial charge in [-0.15, -0.1) is 0 Å². The lowest BCUT2D eigenvalue weighted by Gasteiger charge is -2.41. The van der Waals surface area contributed by atoms with E-state index in [1.807, 2.05) is 18.0 Å². The molecule has 0 saturated carbocycles. The number of fused-ring (bicyclic) bond motifs is 2. The van der Waals surface area contributed by atoms with Crippen LogP contribution in [0.4, 0.5) is 10.6 Å². The largest absolute Gasteiger partial charge is 0.465 e. The average molecular weight is 398 g/mol. The Bertz CT molecular complexity index is 655. The molecule has 1 amide bonds. The Kier molecular flexibility index (Phi) is 4.67. The molecule has 24 heavy (non-hydrogen) atoms. The zero-order valence-electron chi connectivity index (χ0n) is 13.6. The van der Waals surface area contributed by atoms with E-state index in [0.717, 1.165) is 25.7 Å². The predicted molar refractivity (Wildman–Crippen MR) is 91.4 cm³/mol. The number of hydrogen-bond acceptors (Lipinski definition) is 5. The molecule has 2 aliphatic heterocycles. The highest BCUT2D eigenvalue weighted by molar-refractivity contribution is 9.10. The molecule has 7 nitrogen and oxygen atoms in total. The molecule has 3 atom stereocenters. The number of methoxy groups -OCH3 is 1. The number of piperidine rings is 1. The highest BCUT2D eigenvalue weighted by Gasteiger charge is 2.44. The minimum Gasteiger partial charge on any atom is -0.465 e. The van der Waals surface area contributed by atoms with E-state index in [-0.39, 0.29) is 23.8 Å². The van der Waals surface area contributed by atoms with Gasteiger partial charge in [-0.3, -0.25) is 0 Å². The van der Waals surface area contributed by atoms with Gasteiger partial charge in [0.05, 0.1) is 11.6 Å². The van der Waals surface area contributed by atoms with Crippen LogP contribution >= 0.6 is 15.9 Å². The molecule has 2 saturated heterocycles. The molecule has 0 unspecified atom stereocenters. The third-order valence-electron chi connectivity index (χ3n) is 5.05. The molecular weight excluding hydrogens is 378 g/mol. The third kappa shape index (κ3) is 2.94. The SMILES string of the molecule is COC(=O)c1nc(N(C)[C@@H]2C[C@H]3CC[C@@H](C2)N3C(=O)O)ccc1Br. The van der Waals surface area contributed by atoms with Crippen molar-refractivity contribution < 1.29 is 19.4 Å². The summed E-state index contributed by atoms with van der Waals surface area (Å²) in [5, 5.41) is 9.36. The number of anilines is 1. The van der Waals surface area contributed by atoms with Gasteiger partial charge in [-0.1, -0.05) is 0 Å². The third-order valence-corrected chi connectivity index (χ3v) is 5.69. The van der Waals surface area contributed by atoms with Gasteiger partial charge in [0.1, 0.15) is 5.82 Å². The highest BCUT2D eigenvalue weighted by Crippen LogP contribution is 2.38. The average Bonchev–Trinajstić information content (AvgIpc) is 2.84. The molecule has 2 aliphatic rings. The van der Waals surface area contributed by atoms with E-state index >= 15 is 0 Å². The fraction of sp³-hybridized carbons (Fsp3) is 0.562. The lowest BCUT2D eigenvalue weighted by Crippen LogP contribution is -2.51. The molecule has 0 aromatic carbocycles. The summed E-state index contributed by atoms with van der Waals surface area (Å²) in [5.41, 5.74) is 0.243. The summed E-state index contributed by atoms with van der Waals surface area (Å²) in [6.45, 7) is 0. The number of aromatic nitrogens is 1. The number of rotatable bonds is 3. The standard InChI is InChI=1S/C16H20BrN3O4/c1-19(13-6-5-12(17)14(18-13)15(21)24-2)11-7-9-3-4-10(8-11)20(9)16(22)23/h5-6,9-11H,3-4,7-8H2,1-2H3,(H,22,23)/t9-,10+,11-. The van der Waals surface area contributed by atoms with E-state index < -0.39 is 12.1 Å². The van der Waals surface area contributed by atoms with Crippen molar-refractivity contribution in [2.45, 2.75) is 43.8 Å². The van der Waals surface area contributed by atoms with Gasteiger partial charge in [0.25, 0.3) is 0 Å². The van der Waals surface area contributed by atoms with Crippen LogP contribution in [-0.2, 0) is 4.74 Å². The topological polar surface area (TPSA) is 83.0 Å². The number of halogens is 1. The van der Waals surface area contributed by atoms with Crippen molar-refractivity contribution in [3.05, 3.63) is 22.3 Å². The number of amides is 1. The smallest absolute Gasteiger partial charge is 0.407 e. The summed E-state index contributed by atoms with van der Waals surface area (Å²) < 4.78 is 5.35. The number of nitrogens with zero attached hydrogens (tertiary/aromatic N) is 3. The van der Waals surface area contributed by atoms with E-state index in [0.29, 0.717) is 10.3 Å². The van der Waals surface area contributed by atoms with Crippen LogP contribution < -0.4 is 4.90 Å². The molecule has 2 bridgehead atoms. The first kappa shape index (κ1) is 17.0. The highest BCUT2D eigenvalue weighted by atomic mass is 79.9. The van der Waals surface area contributed by atoms with Crippen LogP contribution in [0.1, 0.15) is 36.2 Å². The van der Waals surface area contributed by atoms with Crippen molar-refractivity contribution in [2.24, 2.45) is 0 Å². The fourth-order valence-electron chi connectivity index (χ4n) is 3.83. The minimum atomic E-state index is -0.821. The molecule has 3 rings (SSSR count). The van der Waals surface area contributed by atoms with Crippen molar-refractivity contribution in [3.63, 3.8) is 0 Å². The van der Waals surface area contributed by atoms with E-state index in [2.05, 4.69) is 20.9 Å². The van der Waals surface area contributed by atoms with Crippen molar-refractivity contribution in [3.8, 4) is 0 Å². The lowest BCUT2D eigenvalue weighted by molar-refractivity contribution is 0.0592. The van der Waals surface area contributed by atoms with Crippen LogP contribution in [0, 0.1) is 0 Å². The summed E-state index contributed by atoms with van der Waals surface area (Å²) in [4.78, 5) is 31.3. The Morgan fingerprint density at radius 3 is 2.50 bits per heavy atom. The summed E-state index contributed by atoms with van der Waals surface area (Å²) >= 11 is 3.32.